The summed E-state index contributed by atoms with van der Waals surface area (Å²) < 4.78 is 85.9. The van der Waals surface area contributed by atoms with Crippen LogP contribution in [0.3, 0.4) is 0 Å². The summed E-state index contributed by atoms with van der Waals surface area (Å²) in [6.45, 7) is 0.704. The quantitative estimate of drug-likeness (QED) is 0.148. The lowest BCUT2D eigenvalue weighted by Gasteiger charge is -2.21. The van der Waals surface area contributed by atoms with Gasteiger partial charge in [0.05, 0.1) is 0 Å². The van der Waals surface area contributed by atoms with E-state index < -0.39 is 34.9 Å². The van der Waals surface area contributed by atoms with Crippen LogP contribution in [-0.2, 0) is 13.1 Å². The highest BCUT2D eigenvalue weighted by Gasteiger charge is 2.28. The molecule has 0 amide bonds. The van der Waals surface area contributed by atoms with Crippen LogP contribution in [0.15, 0.2) is 84.9 Å². The molecule has 6 aromatic rings. The molecule has 1 nitrogen and oxygen atoms in total. The van der Waals surface area contributed by atoms with Gasteiger partial charge >= 0.3 is 0 Å². The molecule has 0 saturated carbocycles. The van der Waals surface area contributed by atoms with Crippen LogP contribution in [-0.4, -0.2) is 11.9 Å². The van der Waals surface area contributed by atoms with Crippen molar-refractivity contribution in [1.29, 1.82) is 0 Å². The van der Waals surface area contributed by atoms with Crippen LogP contribution in [0.5, 0.6) is 0 Å². The van der Waals surface area contributed by atoms with E-state index in [1.165, 1.54) is 0 Å². The highest BCUT2D eigenvalue weighted by atomic mass is 19.2. The lowest BCUT2D eigenvalue weighted by Crippen LogP contribution is -2.16. The molecule has 1 aliphatic rings. The minimum absolute atomic E-state index is 0.188. The molecule has 0 N–H and O–H groups in total. The number of hydrogen-bond donors (Lipinski definition) is 0. The first-order chi connectivity index (χ1) is 20.2. The number of rotatable bonds is 2. The molecule has 7 rings (SSSR count). The first-order valence-corrected chi connectivity index (χ1v) is 13.3. The number of hydrogen-bond acceptors (Lipinski definition) is 1. The maximum absolute atomic E-state index is 14.5. The Morgan fingerprint density at radius 3 is 1.24 bits per heavy atom. The molecule has 7 heteroatoms. The topological polar surface area (TPSA) is 3.24 Å². The van der Waals surface area contributed by atoms with Crippen molar-refractivity contribution in [3.8, 4) is 33.4 Å². The van der Waals surface area contributed by atoms with Gasteiger partial charge in [-0.2, -0.15) is 0 Å². The Morgan fingerprint density at radius 2 is 0.857 bits per heavy atom. The van der Waals surface area contributed by atoms with E-state index in [-0.39, 0.29) is 11.1 Å². The third-order valence-electron chi connectivity index (χ3n) is 8.01. The van der Waals surface area contributed by atoms with Crippen LogP contribution in [0.25, 0.3) is 54.9 Å². The van der Waals surface area contributed by atoms with Crippen molar-refractivity contribution in [3.05, 3.63) is 131 Å². The summed E-state index contributed by atoms with van der Waals surface area (Å²) in [5.74, 6) is -8.24. The van der Waals surface area contributed by atoms with Crippen molar-refractivity contribution in [3.63, 3.8) is 0 Å². The summed E-state index contributed by atoms with van der Waals surface area (Å²) in [6, 6.07) is 22.8. The maximum atomic E-state index is 14.5. The number of halogens is 6. The molecule has 0 radical (unpaired) electrons. The molecule has 208 valence electrons. The second-order valence-corrected chi connectivity index (χ2v) is 10.7. The highest BCUT2D eigenvalue weighted by molar-refractivity contribution is 6.12. The Bertz CT molecular complexity index is 1890. The Kier molecular flexibility index (Phi) is 6.10. The van der Waals surface area contributed by atoms with E-state index in [2.05, 4.69) is 0 Å². The molecular weight excluding hydrogens is 548 g/mol. The van der Waals surface area contributed by atoms with Crippen LogP contribution < -0.4 is 0 Å². The standard InChI is InChI=1S/C35H21F6N/c1-42-16-26-24(20-12-28(36)34(40)29(37)13-20)10-18-6-2-4-8-22(18)32(26)33-23-9-5-3-7-19(23)11-25(27(33)17-42)21-14-30(38)35(41)31(39)15-21/h2-15H,16-17H2,1H3. The van der Waals surface area contributed by atoms with Crippen LogP contribution in [0, 0.1) is 34.9 Å². The van der Waals surface area contributed by atoms with Crippen molar-refractivity contribution in [2.75, 3.05) is 7.05 Å². The molecule has 0 atom stereocenters. The first-order valence-electron chi connectivity index (χ1n) is 13.3. The summed E-state index contributed by atoms with van der Waals surface area (Å²) in [6.07, 6.45) is 0. The Labute approximate surface area is 237 Å². The second kappa shape index (κ2) is 9.74. The van der Waals surface area contributed by atoms with E-state index in [9.17, 15) is 26.3 Å². The lowest BCUT2D eigenvalue weighted by atomic mass is 9.82. The van der Waals surface area contributed by atoms with E-state index in [1.54, 1.807) is 0 Å². The van der Waals surface area contributed by atoms with Crippen molar-refractivity contribution in [2.24, 2.45) is 0 Å². The van der Waals surface area contributed by atoms with Crippen molar-refractivity contribution < 1.29 is 26.3 Å². The number of benzene rings is 6. The van der Waals surface area contributed by atoms with Gasteiger partial charge in [-0.15, -0.1) is 0 Å². The molecule has 1 aliphatic heterocycles. The predicted molar refractivity (Wildman–Crippen MR) is 153 cm³/mol. The Morgan fingerprint density at radius 1 is 0.500 bits per heavy atom. The van der Waals surface area contributed by atoms with Crippen molar-refractivity contribution >= 4 is 21.5 Å². The van der Waals surface area contributed by atoms with Gasteiger partial charge in [0.1, 0.15) is 0 Å². The van der Waals surface area contributed by atoms with Gasteiger partial charge < -0.3 is 0 Å². The minimum atomic E-state index is -1.54. The SMILES string of the molecule is CN1Cc2c(-c3cc(F)c(F)c(F)c3)cc3ccccc3c2-c2c(c(-c3cc(F)c(F)c(F)c3)cc3ccccc23)C1. The largest absolute Gasteiger partial charge is 0.298 e. The number of fused-ring (bicyclic) bond motifs is 7. The molecule has 0 saturated heterocycles. The van der Waals surface area contributed by atoms with Crippen LogP contribution in [0.4, 0.5) is 26.3 Å². The Hall–Kier alpha value is -4.62. The predicted octanol–water partition coefficient (Wildman–Crippen LogP) is 9.77. The third kappa shape index (κ3) is 4.07. The van der Waals surface area contributed by atoms with E-state index in [4.69, 9.17) is 0 Å². The first kappa shape index (κ1) is 26.3. The summed E-state index contributed by atoms with van der Waals surface area (Å²) in [5.41, 5.74) is 4.58. The van der Waals surface area contributed by atoms with E-state index in [0.717, 1.165) is 68.1 Å². The molecule has 1 heterocycles. The zero-order valence-corrected chi connectivity index (χ0v) is 22.2. The van der Waals surface area contributed by atoms with Gasteiger partial charge in [-0.25, -0.2) is 26.3 Å². The van der Waals surface area contributed by atoms with Crippen LogP contribution in [0.2, 0.25) is 0 Å². The lowest BCUT2D eigenvalue weighted by molar-refractivity contribution is 0.323. The van der Waals surface area contributed by atoms with Gasteiger partial charge in [0, 0.05) is 13.1 Å². The zero-order valence-electron chi connectivity index (χ0n) is 22.2. The molecule has 0 aliphatic carbocycles. The zero-order chi connectivity index (χ0) is 29.3. The average Bonchev–Trinajstić information content (AvgIpc) is 3.13. The molecule has 0 bridgehead atoms. The average molecular weight is 570 g/mol. The summed E-state index contributed by atoms with van der Waals surface area (Å²) in [7, 11) is 1.87. The fourth-order valence-electron chi connectivity index (χ4n) is 6.21. The van der Waals surface area contributed by atoms with Crippen molar-refractivity contribution in [2.45, 2.75) is 13.1 Å². The summed E-state index contributed by atoms with van der Waals surface area (Å²) in [4.78, 5) is 1.99. The molecule has 0 fully saturated rings. The van der Waals surface area contributed by atoms with E-state index >= 15 is 0 Å². The smallest absolute Gasteiger partial charge is 0.194 e. The molecule has 6 aromatic carbocycles. The third-order valence-corrected chi connectivity index (χ3v) is 8.01. The van der Waals surface area contributed by atoms with Gasteiger partial charge in [0.2, 0.25) is 0 Å². The summed E-state index contributed by atoms with van der Waals surface area (Å²) >= 11 is 0. The fourth-order valence-corrected chi connectivity index (χ4v) is 6.21. The normalized spacial score (nSPS) is 13.3. The van der Waals surface area contributed by atoms with Crippen molar-refractivity contribution in [1.82, 2.24) is 4.90 Å². The summed E-state index contributed by atoms with van der Waals surface area (Å²) in [5, 5.41) is 3.32. The van der Waals surface area contributed by atoms with Gasteiger partial charge in [-0.1, -0.05) is 48.5 Å². The molecule has 0 spiro atoms. The van der Waals surface area contributed by atoms with Gasteiger partial charge in [-0.3, -0.25) is 4.90 Å². The monoisotopic (exact) mass is 569 g/mol. The molecule has 42 heavy (non-hydrogen) atoms. The second-order valence-electron chi connectivity index (χ2n) is 10.7. The van der Waals surface area contributed by atoms with Gasteiger partial charge in [0.25, 0.3) is 0 Å². The van der Waals surface area contributed by atoms with Crippen LogP contribution in [0.1, 0.15) is 11.1 Å². The van der Waals surface area contributed by atoms with Gasteiger partial charge in [-0.05, 0) is 109 Å². The molecule has 0 unspecified atom stereocenters. The maximum Gasteiger partial charge on any atom is 0.194 e. The Balaban J connectivity index is 1.66. The van der Waals surface area contributed by atoms with E-state index in [0.29, 0.717) is 24.2 Å². The minimum Gasteiger partial charge on any atom is -0.298 e. The number of nitrogens with zero attached hydrogens (tertiary/aromatic N) is 1. The fraction of sp³-hybridized carbons (Fsp3) is 0.0857. The van der Waals surface area contributed by atoms with Crippen LogP contribution >= 0.6 is 0 Å². The highest BCUT2D eigenvalue weighted by Crippen LogP contribution is 2.48. The van der Waals surface area contributed by atoms with E-state index in [1.807, 2.05) is 72.6 Å². The van der Waals surface area contributed by atoms with Gasteiger partial charge in [0.15, 0.2) is 34.9 Å². The molecular formula is C35H21F6N. The molecule has 0 aromatic heterocycles.